The molecule has 1 heterocycles. The standard InChI is InChI=1S/C18H19N3OS/c1-11-5-4-6-14(9-11)21-18(22)12(2)19-15-7-8-16-17(10-15)23-13(3)20-16/h4-10,12,19H,1-3H3,(H,21,22)/t12-/m1/s1. The van der Waals surface area contributed by atoms with Crippen LogP contribution in [0.3, 0.4) is 0 Å². The van der Waals surface area contributed by atoms with Gasteiger partial charge in [-0.2, -0.15) is 0 Å². The van der Waals surface area contributed by atoms with E-state index in [-0.39, 0.29) is 11.9 Å². The van der Waals surface area contributed by atoms with Gasteiger partial charge >= 0.3 is 0 Å². The second-order valence-electron chi connectivity index (χ2n) is 5.64. The number of fused-ring (bicyclic) bond motifs is 1. The molecular weight excluding hydrogens is 306 g/mol. The number of thiazole rings is 1. The number of benzene rings is 2. The van der Waals surface area contributed by atoms with Crippen molar-refractivity contribution in [2.45, 2.75) is 26.8 Å². The van der Waals surface area contributed by atoms with Crippen LogP contribution in [0.4, 0.5) is 11.4 Å². The van der Waals surface area contributed by atoms with Crippen molar-refractivity contribution in [1.29, 1.82) is 0 Å². The van der Waals surface area contributed by atoms with Gasteiger partial charge in [-0.25, -0.2) is 4.98 Å². The molecule has 1 aromatic heterocycles. The molecule has 0 saturated carbocycles. The number of aryl methyl sites for hydroxylation is 2. The van der Waals surface area contributed by atoms with E-state index in [1.165, 1.54) is 0 Å². The van der Waals surface area contributed by atoms with Crippen molar-refractivity contribution in [2.75, 3.05) is 10.6 Å². The van der Waals surface area contributed by atoms with Gasteiger partial charge in [-0.1, -0.05) is 12.1 Å². The SMILES string of the molecule is Cc1cccc(NC(=O)[C@@H](C)Nc2ccc3nc(C)sc3c2)c1. The number of rotatable bonds is 4. The zero-order valence-corrected chi connectivity index (χ0v) is 14.2. The van der Waals surface area contributed by atoms with E-state index in [1.54, 1.807) is 11.3 Å². The average Bonchev–Trinajstić information content (AvgIpc) is 2.86. The number of amides is 1. The summed E-state index contributed by atoms with van der Waals surface area (Å²) in [7, 11) is 0. The minimum Gasteiger partial charge on any atom is -0.374 e. The molecule has 23 heavy (non-hydrogen) atoms. The molecule has 3 rings (SSSR count). The van der Waals surface area contributed by atoms with Gasteiger partial charge < -0.3 is 10.6 Å². The number of aromatic nitrogens is 1. The van der Waals surface area contributed by atoms with Gasteiger partial charge in [0, 0.05) is 11.4 Å². The smallest absolute Gasteiger partial charge is 0.246 e. The normalized spacial score (nSPS) is 12.1. The Morgan fingerprint density at radius 3 is 2.74 bits per heavy atom. The summed E-state index contributed by atoms with van der Waals surface area (Å²) < 4.78 is 1.12. The number of anilines is 2. The van der Waals surface area contributed by atoms with Crippen LogP contribution in [0.5, 0.6) is 0 Å². The van der Waals surface area contributed by atoms with Crippen molar-refractivity contribution in [1.82, 2.24) is 4.98 Å². The molecule has 1 amide bonds. The molecule has 118 valence electrons. The number of carbonyl (C=O) groups excluding carboxylic acids is 1. The van der Waals surface area contributed by atoms with Crippen molar-refractivity contribution in [3.63, 3.8) is 0 Å². The van der Waals surface area contributed by atoms with Crippen LogP contribution in [0.15, 0.2) is 42.5 Å². The summed E-state index contributed by atoms with van der Waals surface area (Å²) in [5.74, 6) is -0.0591. The highest BCUT2D eigenvalue weighted by Crippen LogP contribution is 2.25. The Hall–Kier alpha value is -2.40. The Morgan fingerprint density at radius 1 is 1.13 bits per heavy atom. The lowest BCUT2D eigenvalue weighted by atomic mass is 10.2. The Bertz CT molecular complexity index is 856. The van der Waals surface area contributed by atoms with Gasteiger partial charge in [0.1, 0.15) is 6.04 Å². The molecule has 5 heteroatoms. The minimum atomic E-state index is -0.331. The van der Waals surface area contributed by atoms with Gasteiger partial charge in [0.15, 0.2) is 0 Å². The summed E-state index contributed by atoms with van der Waals surface area (Å²) in [4.78, 5) is 16.8. The van der Waals surface area contributed by atoms with Crippen LogP contribution >= 0.6 is 11.3 Å². The molecule has 4 nitrogen and oxygen atoms in total. The van der Waals surface area contributed by atoms with E-state index in [2.05, 4.69) is 15.6 Å². The van der Waals surface area contributed by atoms with E-state index in [4.69, 9.17) is 0 Å². The zero-order chi connectivity index (χ0) is 16.4. The third kappa shape index (κ3) is 3.68. The van der Waals surface area contributed by atoms with Crippen LogP contribution < -0.4 is 10.6 Å². The molecule has 3 aromatic rings. The monoisotopic (exact) mass is 325 g/mol. The molecule has 1 atom stereocenters. The van der Waals surface area contributed by atoms with Gasteiger partial charge in [-0.3, -0.25) is 4.79 Å². The summed E-state index contributed by atoms with van der Waals surface area (Å²) in [6.07, 6.45) is 0. The van der Waals surface area contributed by atoms with Crippen LogP contribution in [-0.2, 0) is 4.79 Å². The fourth-order valence-electron chi connectivity index (χ4n) is 2.42. The lowest BCUT2D eigenvalue weighted by molar-refractivity contribution is -0.116. The number of carbonyl (C=O) groups is 1. The van der Waals surface area contributed by atoms with Crippen molar-refractivity contribution >= 4 is 38.8 Å². The van der Waals surface area contributed by atoms with Crippen LogP contribution in [0, 0.1) is 13.8 Å². The van der Waals surface area contributed by atoms with E-state index >= 15 is 0 Å². The van der Waals surface area contributed by atoms with Crippen LogP contribution in [0.25, 0.3) is 10.2 Å². The Kier molecular flexibility index (Phi) is 4.30. The Balaban J connectivity index is 1.69. The fourth-order valence-corrected chi connectivity index (χ4v) is 3.28. The molecule has 0 bridgehead atoms. The van der Waals surface area contributed by atoms with Gasteiger partial charge in [0.05, 0.1) is 15.2 Å². The lowest BCUT2D eigenvalue weighted by Crippen LogP contribution is -2.31. The molecule has 0 saturated heterocycles. The first-order valence-corrected chi connectivity index (χ1v) is 8.34. The first-order valence-electron chi connectivity index (χ1n) is 7.52. The summed E-state index contributed by atoms with van der Waals surface area (Å²) in [6, 6.07) is 13.4. The third-order valence-electron chi connectivity index (χ3n) is 3.56. The molecule has 0 aliphatic carbocycles. The number of hydrogen-bond acceptors (Lipinski definition) is 4. The largest absolute Gasteiger partial charge is 0.374 e. The van der Waals surface area contributed by atoms with E-state index < -0.39 is 0 Å². The molecule has 0 fully saturated rings. The highest BCUT2D eigenvalue weighted by atomic mass is 32.1. The van der Waals surface area contributed by atoms with Gasteiger partial charge in [0.25, 0.3) is 0 Å². The lowest BCUT2D eigenvalue weighted by Gasteiger charge is -2.15. The van der Waals surface area contributed by atoms with Crippen molar-refractivity contribution < 1.29 is 4.79 Å². The molecule has 2 N–H and O–H groups in total. The van der Waals surface area contributed by atoms with Gasteiger partial charge in [0.2, 0.25) is 5.91 Å². The molecular formula is C18H19N3OS. The summed E-state index contributed by atoms with van der Waals surface area (Å²) >= 11 is 1.65. The van der Waals surface area contributed by atoms with Gasteiger partial charge in [-0.05, 0) is 56.7 Å². The van der Waals surface area contributed by atoms with E-state index in [1.807, 2.05) is 63.2 Å². The first-order chi connectivity index (χ1) is 11.0. The summed E-state index contributed by atoms with van der Waals surface area (Å²) in [5.41, 5.74) is 3.86. The Morgan fingerprint density at radius 2 is 1.96 bits per heavy atom. The molecule has 0 unspecified atom stereocenters. The summed E-state index contributed by atoms with van der Waals surface area (Å²) in [6.45, 7) is 5.85. The van der Waals surface area contributed by atoms with Crippen molar-refractivity contribution in [2.24, 2.45) is 0 Å². The Labute approximate surface area is 139 Å². The zero-order valence-electron chi connectivity index (χ0n) is 13.4. The molecule has 2 aromatic carbocycles. The third-order valence-corrected chi connectivity index (χ3v) is 4.49. The fraction of sp³-hybridized carbons (Fsp3) is 0.222. The predicted molar refractivity (Wildman–Crippen MR) is 97.3 cm³/mol. The molecule has 0 spiro atoms. The minimum absolute atomic E-state index is 0.0591. The average molecular weight is 325 g/mol. The van der Waals surface area contributed by atoms with Crippen molar-refractivity contribution in [3.8, 4) is 0 Å². The van der Waals surface area contributed by atoms with E-state index in [0.29, 0.717) is 0 Å². The van der Waals surface area contributed by atoms with Crippen LogP contribution in [0.2, 0.25) is 0 Å². The number of hydrogen-bond donors (Lipinski definition) is 2. The maximum absolute atomic E-state index is 12.3. The second kappa shape index (κ2) is 6.38. The quantitative estimate of drug-likeness (QED) is 0.749. The van der Waals surface area contributed by atoms with Crippen LogP contribution in [-0.4, -0.2) is 16.9 Å². The predicted octanol–water partition coefficient (Wildman–Crippen LogP) is 4.35. The van der Waals surface area contributed by atoms with Gasteiger partial charge in [-0.15, -0.1) is 11.3 Å². The van der Waals surface area contributed by atoms with Crippen LogP contribution in [0.1, 0.15) is 17.5 Å². The number of nitrogens with zero attached hydrogens (tertiary/aromatic N) is 1. The highest BCUT2D eigenvalue weighted by Gasteiger charge is 2.13. The molecule has 0 aliphatic rings. The second-order valence-corrected chi connectivity index (χ2v) is 6.87. The molecule has 0 aliphatic heterocycles. The number of nitrogens with one attached hydrogen (secondary N) is 2. The first kappa shape index (κ1) is 15.5. The maximum atomic E-state index is 12.3. The molecule has 0 radical (unpaired) electrons. The van der Waals surface area contributed by atoms with E-state index in [0.717, 1.165) is 32.2 Å². The highest BCUT2D eigenvalue weighted by molar-refractivity contribution is 7.18. The maximum Gasteiger partial charge on any atom is 0.246 e. The summed E-state index contributed by atoms with van der Waals surface area (Å²) in [5, 5.41) is 7.22. The topological polar surface area (TPSA) is 54.0 Å². The van der Waals surface area contributed by atoms with E-state index in [9.17, 15) is 4.79 Å². The van der Waals surface area contributed by atoms with Crippen molar-refractivity contribution in [3.05, 3.63) is 53.0 Å².